The molecule has 3 aromatic rings. The van der Waals surface area contributed by atoms with Crippen LogP contribution >= 0.6 is 11.3 Å². The summed E-state index contributed by atoms with van der Waals surface area (Å²) in [4.78, 5) is 21.3. The number of fused-ring (bicyclic) bond motifs is 1. The van der Waals surface area contributed by atoms with Gasteiger partial charge in [0.05, 0.1) is 23.4 Å². The van der Waals surface area contributed by atoms with E-state index in [9.17, 15) is 13.6 Å². The van der Waals surface area contributed by atoms with Crippen LogP contribution in [-0.4, -0.2) is 61.8 Å². The number of para-hydroxylation sites is 1. The molecule has 0 bridgehead atoms. The number of carbonyl (C=O) groups is 1. The molecular formula is C22H23F2N3O3S. The number of anilines is 1. The largest absolute Gasteiger partial charge is 0.481 e. The van der Waals surface area contributed by atoms with Crippen molar-refractivity contribution >= 4 is 32.6 Å². The van der Waals surface area contributed by atoms with Gasteiger partial charge in [-0.05, 0) is 36.8 Å². The molecule has 9 heteroatoms. The lowest BCUT2D eigenvalue weighted by molar-refractivity contribution is -0.120. The third kappa shape index (κ3) is 5.55. The van der Waals surface area contributed by atoms with Gasteiger partial charge >= 0.3 is 0 Å². The summed E-state index contributed by atoms with van der Waals surface area (Å²) in [5.41, 5.74) is 0.627. The van der Waals surface area contributed by atoms with Crippen molar-refractivity contribution < 1.29 is 23.0 Å². The SMILES string of the molecule is O=C(COc1ccccc1F)N(CCCN1CCOCC1)c1nc2ccc(F)cc2s1. The quantitative estimate of drug-likeness (QED) is 0.527. The van der Waals surface area contributed by atoms with Gasteiger partial charge < -0.3 is 9.47 Å². The highest BCUT2D eigenvalue weighted by Crippen LogP contribution is 2.30. The van der Waals surface area contributed by atoms with Crippen LogP contribution in [0.2, 0.25) is 0 Å². The number of hydrogen-bond donors (Lipinski definition) is 0. The molecule has 0 atom stereocenters. The number of benzene rings is 2. The molecule has 1 aromatic heterocycles. The fourth-order valence-electron chi connectivity index (χ4n) is 3.39. The molecule has 2 heterocycles. The second-order valence-electron chi connectivity index (χ2n) is 7.18. The van der Waals surface area contributed by atoms with Crippen LogP contribution in [0.25, 0.3) is 10.2 Å². The molecule has 0 saturated carbocycles. The first-order chi connectivity index (χ1) is 15.1. The average Bonchev–Trinajstić information content (AvgIpc) is 3.19. The van der Waals surface area contributed by atoms with E-state index < -0.39 is 5.82 Å². The first-order valence-electron chi connectivity index (χ1n) is 10.1. The van der Waals surface area contributed by atoms with Gasteiger partial charge in [-0.2, -0.15) is 0 Å². The maximum atomic E-state index is 13.8. The lowest BCUT2D eigenvalue weighted by Gasteiger charge is -2.27. The van der Waals surface area contributed by atoms with Crippen LogP contribution in [0.15, 0.2) is 42.5 Å². The van der Waals surface area contributed by atoms with Crippen molar-refractivity contribution in [3.8, 4) is 5.75 Å². The van der Waals surface area contributed by atoms with Gasteiger partial charge in [0.25, 0.3) is 5.91 Å². The van der Waals surface area contributed by atoms with Gasteiger partial charge in [0.15, 0.2) is 23.3 Å². The molecule has 1 aliphatic heterocycles. The van der Waals surface area contributed by atoms with Crippen LogP contribution < -0.4 is 9.64 Å². The predicted octanol–water partition coefficient (Wildman–Crippen LogP) is 3.71. The molecule has 31 heavy (non-hydrogen) atoms. The Balaban J connectivity index is 1.47. The van der Waals surface area contributed by atoms with Crippen molar-refractivity contribution in [2.24, 2.45) is 0 Å². The molecule has 0 radical (unpaired) electrons. The lowest BCUT2D eigenvalue weighted by Crippen LogP contribution is -2.40. The minimum absolute atomic E-state index is 0.0236. The van der Waals surface area contributed by atoms with Gasteiger partial charge in [-0.3, -0.25) is 14.6 Å². The van der Waals surface area contributed by atoms with E-state index in [0.717, 1.165) is 26.1 Å². The summed E-state index contributed by atoms with van der Waals surface area (Å²) in [6.07, 6.45) is 0.732. The van der Waals surface area contributed by atoms with Gasteiger partial charge in [-0.15, -0.1) is 0 Å². The summed E-state index contributed by atoms with van der Waals surface area (Å²) in [6.45, 7) is 4.09. The van der Waals surface area contributed by atoms with Crippen LogP contribution in [0.4, 0.5) is 13.9 Å². The minimum Gasteiger partial charge on any atom is -0.481 e. The van der Waals surface area contributed by atoms with Crippen LogP contribution in [0.1, 0.15) is 6.42 Å². The Bertz CT molecular complexity index is 1040. The first-order valence-corrected chi connectivity index (χ1v) is 11.0. The second-order valence-corrected chi connectivity index (χ2v) is 8.19. The van der Waals surface area contributed by atoms with E-state index in [1.807, 2.05) is 0 Å². The Morgan fingerprint density at radius 3 is 2.81 bits per heavy atom. The van der Waals surface area contributed by atoms with Crippen molar-refractivity contribution in [1.82, 2.24) is 9.88 Å². The van der Waals surface area contributed by atoms with Crippen LogP contribution in [0.3, 0.4) is 0 Å². The van der Waals surface area contributed by atoms with Crippen LogP contribution in [0, 0.1) is 11.6 Å². The molecule has 1 amide bonds. The molecular weight excluding hydrogens is 424 g/mol. The number of hydrogen-bond acceptors (Lipinski definition) is 6. The monoisotopic (exact) mass is 447 g/mol. The third-order valence-corrected chi connectivity index (χ3v) is 6.06. The summed E-state index contributed by atoms with van der Waals surface area (Å²) in [7, 11) is 0. The van der Waals surface area contributed by atoms with E-state index in [4.69, 9.17) is 9.47 Å². The Morgan fingerprint density at radius 2 is 2.00 bits per heavy atom. The lowest BCUT2D eigenvalue weighted by atomic mass is 10.3. The smallest absolute Gasteiger partial charge is 0.266 e. The van der Waals surface area contributed by atoms with Crippen molar-refractivity contribution in [3.05, 3.63) is 54.1 Å². The fraction of sp³-hybridized carbons (Fsp3) is 0.364. The number of morpholine rings is 1. The molecule has 164 valence electrons. The Kier molecular flexibility index (Phi) is 7.06. The molecule has 2 aromatic carbocycles. The van der Waals surface area contributed by atoms with E-state index in [1.165, 1.54) is 35.6 Å². The number of nitrogens with zero attached hydrogens (tertiary/aromatic N) is 3. The average molecular weight is 448 g/mol. The van der Waals surface area contributed by atoms with Crippen molar-refractivity contribution in [1.29, 1.82) is 0 Å². The zero-order chi connectivity index (χ0) is 21.6. The number of halogens is 2. The number of ether oxygens (including phenoxy) is 2. The van der Waals surface area contributed by atoms with Crippen molar-refractivity contribution in [2.45, 2.75) is 6.42 Å². The zero-order valence-corrected chi connectivity index (χ0v) is 17.7. The van der Waals surface area contributed by atoms with E-state index in [2.05, 4.69) is 9.88 Å². The maximum Gasteiger partial charge on any atom is 0.266 e. The normalized spacial score (nSPS) is 14.6. The summed E-state index contributed by atoms with van der Waals surface area (Å²) in [5, 5.41) is 0.477. The number of aromatic nitrogens is 1. The third-order valence-electron chi connectivity index (χ3n) is 5.02. The van der Waals surface area contributed by atoms with Gasteiger partial charge in [0, 0.05) is 26.2 Å². The molecule has 1 aliphatic rings. The van der Waals surface area contributed by atoms with Gasteiger partial charge in [0.1, 0.15) is 5.82 Å². The molecule has 6 nitrogen and oxygen atoms in total. The molecule has 1 fully saturated rings. The number of carbonyl (C=O) groups excluding carboxylic acids is 1. The van der Waals surface area contributed by atoms with Crippen molar-refractivity contribution in [2.75, 3.05) is 50.9 Å². The maximum absolute atomic E-state index is 13.8. The van der Waals surface area contributed by atoms with Crippen molar-refractivity contribution in [3.63, 3.8) is 0 Å². The van der Waals surface area contributed by atoms with Gasteiger partial charge in [-0.1, -0.05) is 23.5 Å². The van der Waals surface area contributed by atoms with E-state index in [0.29, 0.717) is 35.1 Å². The highest BCUT2D eigenvalue weighted by molar-refractivity contribution is 7.22. The summed E-state index contributed by atoms with van der Waals surface area (Å²) >= 11 is 1.25. The molecule has 0 aliphatic carbocycles. The Labute approximate surface area is 183 Å². The highest BCUT2D eigenvalue weighted by Gasteiger charge is 2.21. The first kappa shape index (κ1) is 21.6. The molecule has 0 unspecified atom stereocenters. The van der Waals surface area contributed by atoms with E-state index in [1.54, 1.807) is 23.1 Å². The van der Waals surface area contributed by atoms with E-state index in [-0.39, 0.29) is 24.1 Å². The summed E-state index contributed by atoms with van der Waals surface area (Å²) < 4.78 is 38.9. The number of rotatable bonds is 8. The van der Waals surface area contributed by atoms with Gasteiger partial charge in [0.2, 0.25) is 0 Å². The van der Waals surface area contributed by atoms with Crippen LogP contribution in [-0.2, 0) is 9.53 Å². The standard InChI is InChI=1S/C22H23F2N3O3S/c23-16-6-7-18-20(14-16)31-22(25-18)27(9-3-8-26-10-12-29-13-11-26)21(28)15-30-19-5-2-1-4-17(19)24/h1-2,4-7,14H,3,8-13,15H2. The van der Waals surface area contributed by atoms with Crippen LogP contribution in [0.5, 0.6) is 5.75 Å². The van der Waals surface area contributed by atoms with Gasteiger partial charge in [-0.25, -0.2) is 13.8 Å². The highest BCUT2D eigenvalue weighted by atomic mass is 32.1. The number of thiazole rings is 1. The number of amides is 1. The minimum atomic E-state index is -0.523. The molecule has 1 saturated heterocycles. The van der Waals surface area contributed by atoms with E-state index >= 15 is 0 Å². The second kappa shape index (κ2) is 10.1. The zero-order valence-electron chi connectivity index (χ0n) is 16.9. The molecule has 4 rings (SSSR count). The summed E-state index contributed by atoms with van der Waals surface area (Å²) in [5.74, 6) is -1.18. The fourth-order valence-corrected chi connectivity index (χ4v) is 4.42. The summed E-state index contributed by atoms with van der Waals surface area (Å²) in [6, 6.07) is 10.3. The Hall–Kier alpha value is -2.62. The predicted molar refractivity (Wildman–Crippen MR) is 116 cm³/mol. The Morgan fingerprint density at radius 1 is 1.19 bits per heavy atom. The topological polar surface area (TPSA) is 54.9 Å². The molecule has 0 N–H and O–H groups in total. The molecule has 0 spiro atoms.